The number of ether oxygens (including phenoxy) is 2. The van der Waals surface area contributed by atoms with Gasteiger partial charge in [0.1, 0.15) is 24.6 Å². The summed E-state index contributed by atoms with van der Waals surface area (Å²) in [5.41, 5.74) is -4.35. The molecule has 16 nitrogen and oxygen atoms in total. The molecule has 0 radical (unpaired) electrons. The highest BCUT2D eigenvalue weighted by Crippen LogP contribution is 2.47. The summed E-state index contributed by atoms with van der Waals surface area (Å²) in [6.45, 7) is 4.20. The van der Waals surface area contributed by atoms with E-state index in [-0.39, 0.29) is 64.2 Å². The van der Waals surface area contributed by atoms with Gasteiger partial charge in [0, 0.05) is 36.8 Å². The van der Waals surface area contributed by atoms with E-state index < -0.39 is 44.8 Å². The molecule has 3 aliphatic rings. The summed E-state index contributed by atoms with van der Waals surface area (Å²) in [4.78, 5) is 61.8. The predicted molar refractivity (Wildman–Crippen MR) is 149 cm³/mol. The molecule has 1 fully saturated rings. The number of carbonyl (C=O) groups excluding carboxylic acids is 1. The first-order valence-corrected chi connectivity index (χ1v) is 13.6. The number of rotatable bonds is 8. The lowest BCUT2D eigenvalue weighted by molar-refractivity contribution is -0.386. The molecule has 0 bridgehead atoms. The van der Waals surface area contributed by atoms with Gasteiger partial charge in [-0.2, -0.15) is 0 Å². The monoisotopic (exact) mass is 594 g/mol. The average Bonchev–Trinajstić information content (AvgIpc) is 3.38. The predicted octanol–water partition coefficient (Wildman–Crippen LogP) is 1.58. The van der Waals surface area contributed by atoms with Crippen molar-refractivity contribution in [1.82, 2.24) is 14.5 Å². The number of fused-ring (bicyclic) bond motifs is 5. The van der Waals surface area contributed by atoms with E-state index in [1.54, 1.807) is 0 Å². The maximum absolute atomic E-state index is 13.7. The summed E-state index contributed by atoms with van der Waals surface area (Å²) in [6, 6.07) is 4.23. The summed E-state index contributed by atoms with van der Waals surface area (Å²) in [7, 11) is 0. The SMILES string of the molecule is CC[C@@]1(O)C(=O)OCc2c1c([N+](=O)[O-])c1n(c2=O)Cc2c-1nc1cccc([N+](=O)[O-])c1c2C=NOCCN1CCOCC1. The molecule has 0 amide bonds. The molecule has 224 valence electrons. The Morgan fingerprint density at radius 2 is 1.95 bits per heavy atom. The minimum Gasteiger partial charge on any atom is -0.458 e. The fourth-order valence-electron chi connectivity index (χ4n) is 5.90. The molecule has 1 saturated heterocycles. The number of nitro benzene ring substituents is 1. The van der Waals surface area contributed by atoms with Crippen molar-refractivity contribution >= 4 is 34.5 Å². The second-order valence-electron chi connectivity index (χ2n) is 10.3. The lowest BCUT2D eigenvalue weighted by Gasteiger charge is -2.31. The van der Waals surface area contributed by atoms with Crippen molar-refractivity contribution in [1.29, 1.82) is 0 Å². The highest BCUT2D eigenvalue weighted by atomic mass is 16.6. The van der Waals surface area contributed by atoms with Gasteiger partial charge in [0.25, 0.3) is 11.2 Å². The van der Waals surface area contributed by atoms with Crippen LogP contribution in [-0.2, 0) is 37.9 Å². The van der Waals surface area contributed by atoms with Gasteiger partial charge in [-0.15, -0.1) is 0 Å². The number of oxime groups is 1. The second kappa shape index (κ2) is 10.8. The summed E-state index contributed by atoms with van der Waals surface area (Å²) < 4.78 is 11.5. The molecule has 0 saturated carbocycles. The van der Waals surface area contributed by atoms with Crippen molar-refractivity contribution in [2.75, 3.05) is 39.5 Å². The van der Waals surface area contributed by atoms with Crippen molar-refractivity contribution in [3.63, 3.8) is 0 Å². The lowest BCUT2D eigenvalue weighted by atomic mass is 9.84. The van der Waals surface area contributed by atoms with Gasteiger partial charge in [-0.05, 0) is 12.5 Å². The number of esters is 1. The first-order valence-electron chi connectivity index (χ1n) is 13.6. The number of cyclic esters (lactones) is 1. The van der Waals surface area contributed by atoms with E-state index in [4.69, 9.17) is 14.3 Å². The number of morpholine rings is 1. The summed E-state index contributed by atoms with van der Waals surface area (Å²) in [6.07, 6.45) is 0.999. The van der Waals surface area contributed by atoms with Gasteiger partial charge >= 0.3 is 11.7 Å². The molecule has 0 aliphatic carbocycles. The molecule has 1 N–H and O–H groups in total. The Kier molecular flexibility index (Phi) is 7.11. The third-order valence-electron chi connectivity index (χ3n) is 8.06. The van der Waals surface area contributed by atoms with Crippen LogP contribution in [0.15, 0.2) is 28.1 Å². The normalized spacial score (nSPS) is 19.6. The maximum Gasteiger partial charge on any atom is 0.343 e. The molecule has 0 spiro atoms. The molecule has 1 atom stereocenters. The van der Waals surface area contributed by atoms with Crippen molar-refractivity contribution < 1.29 is 34.1 Å². The van der Waals surface area contributed by atoms with Crippen LogP contribution >= 0.6 is 0 Å². The second-order valence-corrected chi connectivity index (χ2v) is 10.3. The fourth-order valence-corrected chi connectivity index (χ4v) is 5.90. The van der Waals surface area contributed by atoms with Crippen LogP contribution in [0.5, 0.6) is 0 Å². The van der Waals surface area contributed by atoms with E-state index in [0.29, 0.717) is 19.8 Å². The Balaban J connectivity index is 1.54. The summed E-state index contributed by atoms with van der Waals surface area (Å²) >= 11 is 0. The van der Waals surface area contributed by atoms with Gasteiger partial charge in [0.15, 0.2) is 5.60 Å². The van der Waals surface area contributed by atoms with Crippen LogP contribution in [0, 0.1) is 20.2 Å². The van der Waals surface area contributed by atoms with Gasteiger partial charge in [-0.3, -0.25) is 34.5 Å². The van der Waals surface area contributed by atoms with Gasteiger partial charge in [0.05, 0.1) is 57.8 Å². The van der Waals surface area contributed by atoms with Crippen LogP contribution < -0.4 is 5.56 Å². The van der Waals surface area contributed by atoms with Crippen LogP contribution in [0.3, 0.4) is 0 Å². The van der Waals surface area contributed by atoms with Crippen LogP contribution in [0.1, 0.15) is 35.6 Å². The van der Waals surface area contributed by atoms with Crippen molar-refractivity contribution in [2.45, 2.75) is 32.1 Å². The van der Waals surface area contributed by atoms with Crippen LogP contribution in [0.4, 0.5) is 11.4 Å². The third kappa shape index (κ3) is 4.50. The first kappa shape index (κ1) is 28.3. The largest absolute Gasteiger partial charge is 0.458 e. The molecule has 0 unspecified atom stereocenters. The Morgan fingerprint density at radius 3 is 2.65 bits per heavy atom. The minimum atomic E-state index is -2.43. The molecule has 2 aromatic heterocycles. The number of hydrogen-bond acceptors (Lipinski definition) is 13. The Hall–Kier alpha value is -4.80. The Bertz CT molecular complexity index is 1780. The van der Waals surface area contributed by atoms with Gasteiger partial charge < -0.3 is 19.4 Å². The summed E-state index contributed by atoms with van der Waals surface area (Å²) in [5.74, 6) is -1.10. The van der Waals surface area contributed by atoms with E-state index in [0.717, 1.165) is 17.7 Å². The first-order chi connectivity index (χ1) is 20.7. The molecular weight excluding hydrogens is 568 g/mol. The molecule has 5 heterocycles. The van der Waals surface area contributed by atoms with Gasteiger partial charge in [0.2, 0.25) is 0 Å². The van der Waals surface area contributed by atoms with Gasteiger partial charge in [-0.1, -0.05) is 18.1 Å². The number of aromatic nitrogens is 2. The zero-order valence-electron chi connectivity index (χ0n) is 23.0. The third-order valence-corrected chi connectivity index (χ3v) is 8.06. The van der Waals surface area contributed by atoms with E-state index in [1.165, 1.54) is 31.3 Å². The van der Waals surface area contributed by atoms with E-state index in [2.05, 4.69) is 15.0 Å². The van der Waals surface area contributed by atoms with Crippen molar-refractivity contribution in [3.8, 4) is 11.4 Å². The number of nitro groups is 2. The minimum absolute atomic E-state index is 0.00626. The molecule has 1 aromatic carbocycles. The average molecular weight is 595 g/mol. The number of aliphatic hydroxyl groups is 1. The lowest BCUT2D eigenvalue weighted by Crippen LogP contribution is -2.45. The molecular formula is C27H26N6O10. The highest BCUT2D eigenvalue weighted by Gasteiger charge is 2.52. The number of carbonyl (C=O) groups is 1. The number of nitrogens with zero attached hydrogens (tertiary/aromatic N) is 6. The van der Waals surface area contributed by atoms with Crippen LogP contribution in [-0.4, -0.2) is 81.0 Å². The molecule has 3 aromatic rings. The van der Waals surface area contributed by atoms with Crippen molar-refractivity contribution in [2.24, 2.45) is 5.16 Å². The van der Waals surface area contributed by atoms with Crippen molar-refractivity contribution in [3.05, 3.63) is 71.0 Å². The van der Waals surface area contributed by atoms with E-state index in [1.807, 2.05) is 0 Å². The topological polar surface area (TPSA) is 202 Å². The van der Waals surface area contributed by atoms with Gasteiger partial charge in [-0.25, -0.2) is 9.78 Å². The standard InChI is InChI=1S/C27H26N6O10/c1-2-27(36)21-17(14-42-26(27)35)25(34)31-13-16-15(12-28-43-11-8-30-6-9-41-10-7-30)20-18(4-3-5-19(20)32(37)38)29-22(16)24(31)23(21)33(39)40/h3-5,12,36H,2,6-11,13-14H2,1H3/t27-/m0/s1. The quantitative estimate of drug-likeness (QED) is 0.102. The molecule has 3 aliphatic heterocycles. The molecule has 6 rings (SSSR count). The van der Waals surface area contributed by atoms with Crippen LogP contribution in [0.2, 0.25) is 0 Å². The number of non-ortho nitro benzene ring substituents is 1. The molecule has 43 heavy (non-hydrogen) atoms. The Labute approximate surface area is 242 Å². The molecule has 16 heteroatoms. The zero-order valence-corrected chi connectivity index (χ0v) is 23.0. The smallest absolute Gasteiger partial charge is 0.343 e. The fraction of sp³-hybridized carbons (Fsp3) is 0.407. The number of benzene rings is 1. The highest BCUT2D eigenvalue weighted by molar-refractivity contribution is 6.07. The van der Waals surface area contributed by atoms with Crippen LogP contribution in [0.25, 0.3) is 22.3 Å². The zero-order chi connectivity index (χ0) is 30.5. The van der Waals surface area contributed by atoms with E-state index in [9.17, 15) is 34.9 Å². The number of hydrogen-bond donors (Lipinski definition) is 1. The van der Waals surface area contributed by atoms with E-state index >= 15 is 0 Å². The maximum atomic E-state index is 13.7. The Morgan fingerprint density at radius 1 is 1.19 bits per heavy atom. The summed E-state index contributed by atoms with van der Waals surface area (Å²) in [5, 5.41) is 40.0. The number of pyridine rings is 2.